The Morgan fingerprint density at radius 1 is 1.19 bits per heavy atom. The summed E-state index contributed by atoms with van der Waals surface area (Å²) in [4.78, 5) is 12.4. The van der Waals surface area contributed by atoms with Gasteiger partial charge in [0, 0.05) is 33.7 Å². The van der Waals surface area contributed by atoms with Gasteiger partial charge in [0.05, 0.1) is 0 Å². The molecule has 108 valence electrons. The van der Waals surface area contributed by atoms with Crippen molar-refractivity contribution in [3.63, 3.8) is 0 Å². The number of benzene rings is 2. The molecule has 0 aliphatic rings. The summed E-state index contributed by atoms with van der Waals surface area (Å²) in [6.45, 7) is 0. The molecule has 0 aliphatic heterocycles. The number of rotatable bonds is 4. The van der Waals surface area contributed by atoms with Gasteiger partial charge in [0.15, 0.2) is 0 Å². The van der Waals surface area contributed by atoms with Gasteiger partial charge < -0.3 is 5.32 Å². The summed E-state index contributed by atoms with van der Waals surface area (Å²) in [7, 11) is -1.04. The highest BCUT2D eigenvalue weighted by Crippen LogP contribution is 2.12. The number of nitrogens with one attached hydrogen (secondary N) is 1. The lowest BCUT2D eigenvalue weighted by molar-refractivity contribution is -0.111. The van der Waals surface area contributed by atoms with Crippen molar-refractivity contribution in [3.8, 4) is 0 Å². The van der Waals surface area contributed by atoms with E-state index in [1.807, 2.05) is 0 Å². The van der Waals surface area contributed by atoms with Crippen LogP contribution in [-0.4, -0.2) is 16.4 Å². The van der Waals surface area contributed by atoms with Crippen molar-refractivity contribution < 1.29 is 13.4 Å². The Balaban J connectivity index is 1.99. The molecule has 2 aromatic carbocycles. The van der Waals surface area contributed by atoms with Gasteiger partial charge in [0.2, 0.25) is 5.91 Å². The summed E-state index contributed by atoms with van der Waals surface area (Å²) in [6, 6.07) is 12.7. The predicted molar refractivity (Wildman–Crippen MR) is 82.8 cm³/mol. The summed E-state index contributed by atoms with van der Waals surface area (Å²) < 4.78 is 24.2. The van der Waals surface area contributed by atoms with Gasteiger partial charge in [-0.1, -0.05) is 12.1 Å². The highest BCUT2D eigenvalue weighted by atomic mass is 32.2. The van der Waals surface area contributed by atoms with E-state index in [9.17, 15) is 13.4 Å². The van der Waals surface area contributed by atoms with Crippen molar-refractivity contribution in [1.82, 2.24) is 0 Å². The van der Waals surface area contributed by atoms with Gasteiger partial charge in [-0.15, -0.1) is 0 Å². The topological polar surface area (TPSA) is 46.2 Å². The lowest BCUT2D eigenvalue weighted by Crippen LogP contribution is -2.07. The van der Waals surface area contributed by atoms with E-state index in [0.29, 0.717) is 16.1 Å². The molecule has 1 N–H and O–H groups in total. The standard InChI is InChI=1S/C16H14FNO2S/c1-21(20)15-8-6-14(7-9-15)18-16(19)10-5-12-3-2-4-13(17)11-12/h2-11H,1H3,(H,18,19)/b10-5-/t21-/m1/s1. The Hall–Kier alpha value is -2.27. The van der Waals surface area contributed by atoms with E-state index in [0.717, 1.165) is 0 Å². The van der Waals surface area contributed by atoms with Crippen LogP contribution in [-0.2, 0) is 15.6 Å². The van der Waals surface area contributed by atoms with E-state index < -0.39 is 10.8 Å². The summed E-state index contributed by atoms with van der Waals surface area (Å²) >= 11 is 0. The lowest BCUT2D eigenvalue weighted by atomic mass is 10.2. The Morgan fingerprint density at radius 2 is 1.90 bits per heavy atom. The van der Waals surface area contributed by atoms with E-state index in [2.05, 4.69) is 5.32 Å². The molecule has 5 heteroatoms. The van der Waals surface area contributed by atoms with Crippen molar-refractivity contribution in [3.05, 3.63) is 66.0 Å². The molecule has 1 amide bonds. The average molecular weight is 303 g/mol. The van der Waals surface area contributed by atoms with Crippen molar-refractivity contribution in [2.75, 3.05) is 11.6 Å². The molecule has 2 rings (SSSR count). The third-order valence-electron chi connectivity index (χ3n) is 2.73. The minimum atomic E-state index is -1.04. The molecular formula is C16H14FNO2S. The zero-order valence-corrected chi connectivity index (χ0v) is 12.2. The van der Waals surface area contributed by atoms with Gasteiger partial charge >= 0.3 is 0 Å². The SMILES string of the molecule is C[S@@](=O)c1ccc(NC(=O)/C=C\c2cccc(F)c2)cc1. The van der Waals surface area contributed by atoms with Crippen LogP contribution in [0.15, 0.2) is 59.5 Å². The maximum Gasteiger partial charge on any atom is 0.248 e. The molecule has 0 saturated heterocycles. The second kappa shape index (κ2) is 6.95. The number of halogens is 1. The summed E-state index contributed by atoms with van der Waals surface area (Å²) in [6.07, 6.45) is 4.46. The number of amides is 1. The molecule has 0 fully saturated rings. The van der Waals surface area contributed by atoms with Gasteiger partial charge in [-0.3, -0.25) is 9.00 Å². The van der Waals surface area contributed by atoms with Gasteiger partial charge in [-0.05, 0) is 48.0 Å². The molecule has 0 aliphatic carbocycles. The van der Waals surface area contributed by atoms with E-state index in [4.69, 9.17) is 0 Å². The Morgan fingerprint density at radius 3 is 2.52 bits per heavy atom. The fraction of sp³-hybridized carbons (Fsp3) is 0.0625. The van der Waals surface area contributed by atoms with Crippen LogP contribution >= 0.6 is 0 Å². The first kappa shape index (κ1) is 15.1. The highest BCUT2D eigenvalue weighted by Gasteiger charge is 2.00. The molecular weight excluding hydrogens is 289 g/mol. The van der Waals surface area contributed by atoms with Crippen molar-refractivity contribution in [2.45, 2.75) is 4.90 Å². The first-order valence-electron chi connectivity index (χ1n) is 6.23. The van der Waals surface area contributed by atoms with Gasteiger partial charge in [-0.25, -0.2) is 4.39 Å². The maximum absolute atomic E-state index is 13.0. The lowest BCUT2D eigenvalue weighted by Gasteiger charge is -2.03. The van der Waals surface area contributed by atoms with Gasteiger partial charge in [0.1, 0.15) is 5.82 Å². The molecule has 2 aromatic rings. The molecule has 1 atom stereocenters. The predicted octanol–water partition coefficient (Wildman–Crippen LogP) is 3.22. The third kappa shape index (κ3) is 4.65. The minimum absolute atomic E-state index is 0.315. The Kier molecular flexibility index (Phi) is 5.00. The van der Waals surface area contributed by atoms with Crippen LogP contribution in [0.2, 0.25) is 0 Å². The molecule has 0 bridgehead atoms. The fourth-order valence-electron chi connectivity index (χ4n) is 1.70. The molecule has 0 saturated carbocycles. The highest BCUT2D eigenvalue weighted by molar-refractivity contribution is 7.84. The van der Waals surface area contributed by atoms with E-state index >= 15 is 0 Å². The molecule has 0 unspecified atom stereocenters. The minimum Gasteiger partial charge on any atom is -0.323 e. The molecule has 21 heavy (non-hydrogen) atoms. The number of carbonyl (C=O) groups excluding carboxylic acids is 1. The van der Waals surface area contributed by atoms with Gasteiger partial charge in [-0.2, -0.15) is 0 Å². The summed E-state index contributed by atoms with van der Waals surface area (Å²) in [5.41, 5.74) is 1.22. The molecule has 0 aromatic heterocycles. The second-order valence-corrected chi connectivity index (χ2v) is 5.74. The molecule has 0 radical (unpaired) electrons. The number of hydrogen-bond donors (Lipinski definition) is 1. The first-order chi connectivity index (χ1) is 10.0. The van der Waals surface area contributed by atoms with Crippen LogP contribution in [0.1, 0.15) is 5.56 Å². The smallest absolute Gasteiger partial charge is 0.248 e. The van der Waals surface area contributed by atoms with Crippen LogP contribution in [0.5, 0.6) is 0 Å². The molecule has 0 spiro atoms. The van der Waals surface area contributed by atoms with Crippen LogP contribution in [0.25, 0.3) is 6.08 Å². The third-order valence-corrected chi connectivity index (χ3v) is 3.67. The molecule has 3 nitrogen and oxygen atoms in total. The van der Waals surface area contributed by atoms with Crippen LogP contribution in [0, 0.1) is 5.82 Å². The Bertz CT molecular complexity index is 696. The zero-order valence-electron chi connectivity index (χ0n) is 11.4. The van der Waals surface area contributed by atoms with Crippen molar-refractivity contribution in [1.29, 1.82) is 0 Å². The molecule has 0 heterocycles. The average Bonchev–Trinajstić information content (AvgIpc) is 2.46. The number of hydrogen-bond acceptors (Lipinski definition) is 2. The first-order valence-corrected chi connectivity index (χ1v) is 7.78. The van der Waals surface area contributed by atoms with Crippen molar-refractivity contribution in [2.24, 2.45) is 0 Å². The fourth-order valence-corrected chi connectivity index (χ4v) is 2.22. The second-order valence-electron chi connectivity index (χ2n) is 4.36. The van der Waals surface area contributed by atoms with Crippen molar-refractivity contribution >= 4 is 28.5 Å². The summed E-state index contributed by atoms with van der Waals surface area (Å²) in [5.74, 6) is -0.662. The van der Waals surface area contributed by atoms with Gasteiger partial charge in [0.25, 0.3) is 0 Å². The van der Waals surface area contributed by atoms with E-state index in [1.54, 1.807) is 42.7 Å². The number of carbonyl (C=O) groups is 1. The van der Waals surface area contributed by atoms with Crippen LogP contribution in [0.3, 0.4) is 0 Å². The van der Waals surface area contributed by atoms with Crippen LogP contribution < -0.4 is 5.32 Å². The largest absolute Gasteiger partial charge is 0.323 e. The quantitative estimate of drug-likeness (QED) is 0.882. The normalized spacial score (nSPS) is 12.3. The van der Waals surface area contributed by atoms with E-state index in [1.165, 1.54) is 24.3 Å². The maximum atomic E-state index is 13.0. The number of anilines is 1. The van der Waals surface area contributed by atoms with E-state index in [-0.39, 0.29) is 11.7 Å². The Labute approximate surface area is 125 Å². The summed E-state index contributed by atoms with van der Waals surface area (Å²) in [5, 5.41) is 2.67. The monoisotopic (exact) mass is 303 g/mol. The zero-order chi connectivity index (χ0) is 15.2. The van der Waals surface area contributed by atoms with Crippen LogP contribution in [0.4, 0.5) is 10.1 Å².